The summed E-state index contributed by atoms with van der Waals surface area (Å²) < 4.78 is 6.60. The predicted octanol–water partition coefficient (Wildman–Crippen LogP) is 4.73. The highest BCUT2D eigenvalue weighted by molar-refractivity contribution is 9.10. The van der Waals surface area contributed by atoms with Crippen molar-refractivity contribution in [2.24, 2.45) is 0 Å². The minimum Gasteiger partial charge on any atom is -0.508 e. The summed E-state index contributed by atoms with van der Waals surface area (Å²) in [5.41, 5.74) is 2.15. The Balaban J connectivity index is 1.91. The molecule has 1 saturated heterocycles. The summed E-state index contributed by atoms with van der Waals surface area (Å²) in [5, 5.41) is 13.0. The predicted molar refractivity (Wildman–Crippen MR) is 104 cm³/mol. The maximum atomic E-state index is 10.8. The van der Waals surface area contributed by atoms with Crippen molar-refractivity contribution < 1.29 is 9.84 Å². The quantitative estimate of drug-likeness (QED) is 0.693. The minimum atomic E-state index is 0.00287. The SMILES string of the molecule is Oc1ccc2ccccc2c1C(c1ccc(Br)cc1)N1CCOCC1. The van der Waals surface area contributed by atoms with Gasteiger partial charge in [-0.25, -0.2) is 0 Å². The molecule has 1 aliphatic heterocycles. The van der Waals surface area contributed by atoms with Crippen molar-refractivity contribution in [1.29, 1.82) is 0 Å². The fraction of sp³-hybridized carbons (Fsp3) is 0.238. The summed E-state index contributed by atoms with van der Waals surface area (Å²) in [6, 6.07) is 20.4. The minimum absolute atomic E-state index is 0.00287. The van der Waals surface area contributed by atoms with Gasteiger partial charge in [0.25, 0.3) is 0 Å². The van der Waals surface area contributed by atoms with E-state index in [1.165, 1.54) is 5.56 Å². The van der Waals surface area contributed by atoms with Gasteiger partial charge in [-0.2, -0.15) is 0 Å². The number of morpholine rings is 1. The van der Waals surface area contributed by atoms with Crippen LogP contribution in [-0.4, -0.2) is 36.3 Å². The molecule has 1 fully saturated rings. The number of phenols is 1. The summed E-state index contributed by atoms with van der Waals surface area (Å²) >= 11 is 3.52. The van der Waals surface area contributed by atoms with Gasteiger partial charge in [0.2, 0.25) is 0 Å². The molecule has 128 valence electrons. The van der Waals surface area contributed by atoms with Crippen LogP contribution >= 0.6 is 15.9 Å². The molecular weight excluding hydrogens is 378 g/mol. The lowest BCUT2D eigenvalue weighted by Crippen LogP contribution is -2.39. The molecule has 1 heterocycles. The van der Waals surface area contributed by atoms with E-state index in [0.717, 1.165) is 47.1 Å². The van der Waals surface area contributed by atoms with Gasteiger partial charge in [0.1, 0.15) is 5.75 Å². The molecule has 4 rings (SSSR count). The third-order valence-corrected chi connectivity index (χ3v) is 5.35. The van der Waals surface area contributed by atoms with E-state index in [0.29, 0.717) is 5.75 Å². The van der Waals surface area contributed by atoms with Crippen LogP contribution in [0.3, 0.4) is 0 Å². The van der Waals surface area contributed by atoms with Crippen LogP contribution in [0.15, 0.2) is 65.1 Å². The zero-order valence-electron chi connectivity index (χ0n) is 13.9. The molecule has 0 amide bonds. The van der Waals surface area contributed by atoms with Gasteiger partial charge in [-0.1, -0.05) is 58.4 Å². The average Bonchev–Trinajstić information content (AvgIpc) is 2.66. The number of aromatic hydroxyl groups is 1. The Kier molecular flexibility index (Phi) is 4.75. The van der Waals surface area contributed by atoms with Crippen molar-refractivity contribution in [1.82, 2.24) is 4.90 Å². The second-order valence-corrected chi connectivity index (χ2v) is 7.24. The fourth-order valence-corrected chi connectivity index (χ4v) is 3.88. The highest BCUT2D eigenvalue weighted by Gasteiger charge is 2.28. The summed E-state index contributed by atoms with van der Waals surface area (Å²) in [7, 11) is 0. The van der Waals surface area contributed by atoms with Crippen molar-refractivity contribution in [2.75, 3.05) is 26.3 Å². The largest absolute Gasteiger partial charge is 0.508 e. The zero-order chi connectivity index (χ0) is 17.2. The molecule has 0 radical (unpaired) electrons. The number of ether oxygens (including phenoxy) is 1. The molecule has 3 aromatic rings. The summed E-state index contributed by atoms with van der Waals surface area (Å²) in [6.45, 7) is 3.14. The lowest BCUT2D eigenvalue weighted by molar-refractivity contribution is 0.0238. The first-order chi connectivity index (χ1) is 12.2. The van der Waals surface area contributed by atoms with Crippen molar-refractivity contribution in [3.8, 4) is 5.75 Å². The molecule has 0 aliphatic carbocycles. The van der Waals surface area contributed by atoms with E-state index >= 15 is 0 Å². The molecular formula is C21H20BrNO2. The topological polar surface area (TPSA) is 32.7 Å². The molecule has 25 heavy (non-hydrogen) atoms. The van der Waals surface area contributed by atoms with Crippen LogP contribution in [0.4, 0.5) is 0 Å². The van der Waals surface area contributed by atoms with Crippen LogP contribution in [0.1, 0.15) is 17.2 Å². The molecule has 1 N–H and O–H groups in total. The van der Waals surface area contributed by atoms with Crippen LogP contribution in [0.25, 0.3) is 10.8 Å². The fourth-order valence-electron chi connectivity index (χ4n) is 3.61. The Hall–Kier alpha value is -1.88. The molecule has 1 unspecified atom stereocenters. The molecule has 0 spiro atoms. The summed E-state index contributed by atoms with van der Waals surface area (Å²) in [5.74, 6) is 0.345. The lowest BCUT2D eigenvalue weighted by Gasteiger charge is -2.36. The smallest absolute Gasteiger partial charge is 0.121 e. The first kappa shape index (κ1) is 16.6. The molecule has 0 aromatic heterocycles. The molecule has 1 aliphatic rings. The van der Waals surface area contributed by atoms with Crippen molar-refractivity contribution >= 4 is 26.7 Å². The maximum absolute atomic E-state index is 10.8. The Bertz CT molecular complexity index is 873. The molecule has 0 saturated carbocycles. The number of hydrogen-bond acceptors (Lipinski definition) is 3. The highest BCUT2D eigenvalue weighted by Crippen LogP contribution is 2.39. The molecule has 0 bridgehead atoms. The van der Waals surface area contributed by atoms with Gasteiger partial charge in [-0.3, -0.25) is 4.90 Å². The number of fused-ring (bicyclic) bond motifs is 1. The number of rotatable bonds is 3. The first-order valence-corrected chi connectivity index (χ1v) is 9.31. The second kappa shape index (κ2) is 7.16. The highest BCUT2D eigenvalue weighted by atomic mass is 79.9. The standard InChI is InChI=1S/C21H20BrNO2/c22-17-8-5-16(6-9-17)21(23-11-13-25-14-12-23)20-18-4-2-1-3-15(18)7-10-19(20)24/h1-10,21,24H,11-14H2. The van der Waals surface area contributed by atoms with E-state index in [9.17, 15) is 5.11 Å². The van der Waals surface area contributed by atoms with Gasteiger partial charge < -0.3 is 9.84 Å². The summed E-state index contributed by atoms with van der Waals surface area (Å²) in [6.07, 6.45) is 0. The molecule has 3 aromatic carbocycles. The van der Waals surface area contributed by atoms with Crippen LogP contribution in [0.5, 0.6) is 5.75 Å². The zero-order valence-corrected chi connectivity index (χ0v) is 15.4. The van der Waals surface area contributed by atoms with E-state index in [-0.39, 0.29) is 6.04 Å². The van der Waals surface area contributed by atoms with Gasteiger partial charge >= 0.3 is 0 Å². The number of halogens is 1. The van der Waals surface area contributed by atoms with Gasteiger partial charge in [0, 0.05) is 23.1 Å². The van der Waals surface area contributed by atoms with E-state index in [1.54, 1.807) is 0 Å². The third-order valence-electron chi connectivity index (χ3n) is 4.82. The summed E-state index contributed by atoms with van der Waals surface area (Å²) in [4.78, 5) is 2.40. The van der Waals surface area contributed by atoms with Crippen LogP contribution in [0.2, 0.25) is 0 Å². The van der Waals surface area contributed by atoms with Gasteiger partial charge in [-0.15, -0.1) is 0 Å². The van der Waals surface area contributed by atoms with E-state index < -0.39 is 0 Å². The second-order valence-electron chi connectivity index (χ2n) is 6.32. The number of phenolic OH excluding ortho intramolecular Hbond substituents is 1. The van der Waals surface area contributed by atoms with Crippen molar-refractivity contribution in [3.05, 3.63) is 76.3 Å². The van der Waals surface area contributed by atoms with E-state index in [4.69, 9.17) is 4.74 Å². The number of hydrogen-bond donors (Lipinski definition) is 1. The lowest BCUT2D eigenvalue weighted by atomic mass is 9.91. The van der Waals surface area contributed by atoms with Crippen molar-refractivity contribution in [3.63, 3.8) is 0 Å². The number of nitrogens with zero attached hydrogens (tertiary/aromatic N) is 1. The van der Waals surface area contributed by atoms with Crippen LogP contribution in [0, 0.1) is 0 Å². The Labute approximate surface area is 156 Å². The molecule has 1 atom stereocenters. The van der Waals surface area contributed by atoms with Crippen molar-refractivity contribution in [2.45, 2.75) is 6.04 Å². The average molecular weight is 398 g/mol. The first-order valence-electron chi connectivity index (χ1n) is 8.52. The van der Waals surface area contributed by atoms with Crippen LogP contribution < -0.4 is 0 Å². The Morgan fingerprint density at radius 2 is 1.64 bits per heavy atom. The van der Waals surface area contributed by atoms with Gasteiger partial charge in [0.15, 0.2) is 0 Å². The van der Waals surface area contributed by atoms with Gasteiger partial charge in [-0.05, 0) is 34.5 Å². The number of benzene rings is 3. The van der Waals surface area contributed by atoms with Gasteiger partial charge in [0.05, 0.1) is 19.3 Å². The van der Waals surface area contributed by atoms with E-state index in [2.05, 4.69) is 57.2 Å². The normalized spacial score (nSPS) is 16.8. The monoisotopic (exact) mass is 397 g/mol. The Morgan fingerprint density at radius 3 is 2.40 bits per heavy atom. The molecule has 4 heteroatoms. The maximum Gasteiger partial charge on any atom is 0.121 e. The Morgan fingerprint density at radius 1 is 0.920 bits per heavy atom. The van der Waals surface area contributed by atoms with E-state index in [1.807, 2.05) is 24.3 Å². The molecule has 3 nitrogen and oxygen atoms in total. The van der Waals surface area contributed by atoms with Crippen LogP contribution in [-0.2, 0) is 4.74 Å². The third kappa shape index (κ3) is 3.30.